The summed E-state index contributed by atoms with van der Waals surface area (Å²) in [6, 6.07) is 18.4. The number of nitrogens with zero attached hydrogens (tertiary/aromatic N) is 1. The molecule has 5 nitrogen and oxygen atoms in total. The Hall–Kier alpha value is -3.13. The van der Waals surface area contributed by atoms with Gasteiger partial charge in [0, 0.05) is 12.2 Å². The predicted molar refractivity (Wildman–Crippen MR) is 96.7 cm³/mol. The van der Waals surface area contributed by atoms with E-state index >= 15 is 0 Å². The number of rotatable bonds is 6. The third-order valence-corrected chi connectivity index (χ3v) is 3.95. The first-order valence-corrected chi connectivity index (χ1v) is 8.07. The van der Waals surface area contributed by atoms with Crippen molar-refractivity contribution in [3.05, 3.63) is 65.7 Å². The summed E-state index contributed by atoms with van der Waals surface area (Å²) >= 11 is 0. The number of carbonyl (C=O) groups excluding carboxylic acids is 2. The van der Waals surface area contributed by atoms with Gasteiger partial charge in [0.15, 0.2) is 0 Å². The maximum absolute atomic E-state index is 12.4. The normalized spacial score (nSPS) is 10.6. The summed E-state index contributed by atoms with van der Waals surface area (Å²) in [5.41, 5.74) is 0.984. The molecular formula is C20H21N3O2. The van der Waals surface area contributed by atoms with E-state index in [0.29, 0.717) is 24.2 Å². The van der Waals surface area contributed by atoms with Gasteiger partial charge >= 0.3 is 0 Å². The Labute approximate surface area is 147 Å². The van der Waals surface area contributed by atoms with Gasteiger partial charge in [0.2, 0.25) is 11.8 Å². The Bertz CT molecular complexity index is 775. The van der Waals surface area contributed by atoms with Crippen molar-refractivity contribution in [3.8, 4) is 6.07 Å². The van der Waals surface area contributed by atoms with Gasteiger partial charge in [-0.3, -0.25) is 9.59 Å². The highest BCUT2D eigenvalue weighted by atomic mass is 16.2. The summed E-state index contributed by atoms with van der Waals surface area (Å²) in [5, 5.41) is 14.3. The SMILES string of the molecule is CC(C)(C(=O)NCCc1ccccc1)C(=O)Nc1ccc(C#N)cc1. The lowest BCUT2D eigenvalue weighted by Crippen LogP contribution is -2.45. The molecule has 0 atom stereocenters. The summed E-state index contributed by atoms with van der Waals surface area (Å²) < 4.78 is 0. The molecule has 2 N–H and O–H groups in total. The van der Waals surface area contributed by atoms with Crippen LogP contribution in [0.2, 0.25) is 0 Å². The zero-order chi connectivity index (χ0) is 18.3. The fraction of sp³-hybridized carbons (Fsp3) is 0.250. The minimum atomic E-state index is -1.20. The second kappa shape index (κ2) is 8.11. The Balaban J connectivity index is 1.90. The number of nitriles is 1. The molecule has 25 heavy (non-hydrogen) atoms. The fourth-order valence-corrected chi connectivity index (χ4v) is 2.20. The minimum absolute atomic E-state index is 0.324. The molecule has 0 radical (unpaired) electrons. The summed E-state index contributed by atoms with van der Waals surface area (Å²) in [6.07, 6.45) is 0.708. The molecule has 0 bridgehead atoms. The average molecular weight is 335 g/mol. The number of carbonyl (C=O) groups is 2. The van der Waals surface area contributed by atoms with Crippen molar-refractivity contribution in [3.63, 3.8) is 0 Å². The monoisotopic (exact) mass is 335 g/mol. The van der Waals surface area contributed by atoms with Gasteiger partial charge in [-0.1, -0.05) is 30.3 Å². The van der Waals surface area contributed by atoms with E-state index in [9.17, 15) is 9.59 Å². The summed E-state index contributed by atoms with van der Waals surface area (Å²) in [6.45, 7) is 3.64. The molecule has 2 aromatic carbocycles. The molecule has 0 unspecified atom stereocenters. The molecule has 2 rings (SSSR count). The molecule has 5 heteroatoms. The van der Waals surface area contributed by atoms with Crippen molar-refractivity contribution in [1.82, 2.24) is 5.32 Å². The van der Waals surface area contributed by atoms with Crippen LogP contribution in [0.25, 0.3) is 0 Å². The van der Waals surface area contributed by atoms with E-state index in [1.54, 1.807) is 38.1 Å². The summed E-state index contributed by atoms with van der Waals surface area (Å²) in [4.78, 5) is 24.8. The number of nitrogens with one attached hydrogen (secondary N) is 2. The zero-order valence-corrected chi connectivity index (χ0v) is 14.4. The minimum Gasteiger partial charge on any atom is -0.355 e. The molecule has 0 saturated heterocycles. The van der Waals surface area contributed by atoms with Crippen molar-refractivity contribution < 1.29 is 9.59 Å². The summed E-state index contributed by atoms with van der Waals surface area (Å²) in [5.74, 6) is -0.719. The highest BCUT2D eigenvalue weighted by molar-refractivity contribution is 6.09. The first-order valence-electron chi connectivity index (χ1n) is 8.07. The highest BCUT2D eigenvalue weighted by Gasteiger charge is 2.35. The molecule has 0 aliphatic heterocycles. The molecule has 0 fully saturated rings. The number of benzene rings is 2. The van der Waals surface area contributed by atoms with Crippen LogP contribution < -0.4 is 10.6 Å². The van der Waals surface area contributed by atoms with Crippen LogP contribution in [-0.4, -0.2) is 18.4 Å². The largest absolute Gasteiger partial charge is 0.355 e. The Kier molecular flexibility index (Phi) is 5.91. The van der Waals surface area contributed by atoms with Crippen LogP contribution in [0, 0.1) is 16.7 Å². The number of amides is 2. The van der Waals surface area contributed by atoms with E-state index in [-0.39, 0.29) is 5.91 Å². The molecule has 0 saturated carbocycles. The first kappa shape index (κ1) is 18.2. The molecule has 0 spiro atoms. The van der Waals surface area contributed by atoms with Crippen molar-refractivity contribution >= 4 is 17.5 Å². The van der Waals surface area contributed by atoms with Gasteiger partial charge in [0.1, 0.15) is 5.41 Å². The van der Waals surface area contributed by atoms with Gasteiger partial charge in [-0.2, -0.15) is 5.26 Å². The number of hydrogen-bond acceptors (Lipinski definition) is 3. The quantitative estimate of drug-likeness (QED) is 0.796. The lowest BCUT2D eigenvalue weighted by molar-refractivity contribution is -0.138. The third-order valence-electron chi connectivity index (χ3n) is 3.95. The van der Waals surface area contributed by atoms with Crippen LogP contribution in [0.1, 0.15) is 25.0 Å². The van der Waals surface area contributed by atoms with Gasteiger partial charge < -0.3 is 10.6 Å². The van der Waals surface area contributed by atoms with E-state index < -0.39 is 11.3 Å². The van der Waals surface area contributed by atoms with Crippen LogP contribution in [0.15, 0.2) is 54.6 Å². The van der Waals surface area contributed by atoms with E-state index in [4.69, 9.17) is 5.26 Å². The van der Waals surface area contributed by atoms with E-state index in [1.807, 2.05) is 36.4 Å². The molecule has 0 heterocycles. The van der Waals surface area contributed by atoms with E-state index in [0.717, 1.165) is 5.56 Å². The molecule has 0 aliphatic rings. The Morgan fingerprint density at radius 3 is 2.24 bits per heavy atom. The molecule has 2 amide bonds. The van der Waals surface area contributed by atoms with Crippen LogP contribution in [0.3, 0.4) is 0 Å². The van der Waals surface area contributed by atoms with Crippen molar-refractivity contribution in [2.24, 2.45) is 5.41 Å². The van der Waals surface area contributed by atoms with Gasteiger partial charge in [0.05, 0.1) is 11.6 Å². The van der Waals surface area contributed by atoms with Gasteiger partial charge in [-0.15, -0.1) is 0 Å². The first-order chi connectivity index (χ1) is 11.9. The Morgan fingerprint density at radius 1 is 1.00 bits per heavy atom. The molecule has 128 valence electrons. The van der Waals surface area contributed by atoms with Gasteiger partial charge in [-0.25, -0.2) is 0 Å². The molecular weight excluding hydrogens is 314 g/mol. The number of anilines is 1. The Morgan fingerprint density at radius 2 is 1.64 bits per heavy atom. The van der Waals surface area contributed by atoms with Crippen molar-refractivity contribution in [2.75, 3.05) is 11.9 Å². The van der Waals surface area contributed by atoms with E-state index in [1.165, 1.54) is 0 Å². The van der Waals surface area contributed by atoms with Crippen LogP contribution in [0.5, 0.6) is 0 Å². The van der Waals surface area contributed by atoms with E-state index in [2.05, 4.69) is 10.6 Å². The van der Waals surface area contributed by atoms with Crippen LogP contribution >= 0.6 is 0 Å². The smallest absolute Gasteiger partial charge is 0.239 e. The highest BCUT2D eigenvalue weighted by Crippen LogP contribution is 2.19. The lowest BCUT2D eigenvalue weighted by atomic mass is 9.90. The van der Waals surface area contributed by atoms with Crippen LogP contribution in [0.4, 0.5) is 5.69 Å². The maximum atomic E-state index is 12.4. The molecule has 0 aliphatic carbocycles. The fourth-order valence-electron chi connectivity index (χ4n) is 2.20. The number of hydrogen-bond donors (Lipinski definition) is 2. The van der Waals surface area contributed by atoms with Crippen molar-refractivity contribution in [2.45, 2.75) is 20.3 Å². The third kappa shape index (κ3) is 4.92. The second-order valence-electron chi connectivity index (χ2n) is 6.26. The van der Waals surface area contributed by atoms with Gasteiger partial charge in [-0.05, 0) is 50.1 Å². The summed E-state index contributed by atoms with van der Waals surface area (Å²) in [7, 11) is 0. The lowest BCUT2D eigenvalue weighted by Gasteiger charge is -2.22. The average Bonchev–Trinajstić information content (AvgIpc) is 2.63. The van der Waals surface area contributed by atoms with Crippen LogP contribution in [-0.2, 0) is 16.0 Å². The molecule has 0 aromatic heterocycles. The van der Waals surface area contributed by atoms with Gasteiger partial charge in [0.25, 0.3) is 0 Å². The maximum Gasteiger partial charge on any atom is 0.239 e. The predicted octanol–water partition coefficient (Wildman–Crippen LogP) is 2.88. The molecule has 2 aromatic rings. The standard InChI is InChI=1S/C20H21N3O2/c1-20(2,18(24)22-13-12-15-6-4-3-5-7-15)19(25)23-17-10-8-16(14-21)9-11-17/h3-11H,12-13H2,1-2H3,(H,22,24)(H,23,25). The topological polar surface area (TPSA) is 82.0 Å². The van der Waals surface area contributed by atoms with Crippen molar-refractivity contribution in [1.29, 1.82) is 5.26 Å². The second-order valence-corrected chi connectivity index (χ2v) is 6.26. The zero-order valence-electron chi connectivity index (χ0n) is 14.4.